The van der Waals surface area contributed by atoms with Crippen molar-refractivity contribution < 1.29 is 0 Å². The molecular formula is C10H14. The normalized spacial score (nSPS) is 25.7. The van der Waals surface area contributed by atoms with Gasteiger partial charge in [-0.3, -0.25) is 0 Å². The molecule has 0 radical (unpaired) electrons. The molecule has 1 saturated carbocycles. The van der Waals surface area contributed by atoms with Crippen LogP contribution in [0.4, 0.5) is 0 Å². The summed E-state index contributed by atoms with van der Waals surface area (Å²) >= 11 is 0. The second-order valence-electron chi connectivity index (χ2n) is 3.42. The molecule has 54 valence electrons. The number of hydrogen-bond donors (Lipinski definition) is 0. The molecule has 0 aromatic rings. The molecule has 0 aromatic heterocycles. The Labute approximate surface area is 62.6 Å². The van der Waals surface area contributed by atoms with Crippen LogP contribution in [-0.2, 0) is 0 Å². The fourth-order valence-electron chi connectivity index (χ4n) is 1.76. The van der Waals surface area contributed by atoms with E-state index in [1.165, 1.54) is 25.7 Å². The van der Waals surface area contributed by atoms with Gasteiger partial charge in [0.15, 0.2) is 0 Å². The lowest BCUT2D eigenvalue weighted by molar-refractivity contribution is 0.831. The first-order chi connectivity index (χ1) is 4.88. The number of rotatable bonds is 1. The molecule has 2 aliphatic carbocycles. The Morgan fingerprint density at radius 2 is 2.20 bits per heavy atom. The minimum atomic E-state index is 0.991. The first-order valence-electron chi connectivity index (χ1n) is 4.24. The lowest BCUT2D eigenvalue weighted by Crippen LogP contribution is -1.93. The van der Waals surface area contributed by atoms with Gasteiger partial charge in [0.2, 0.25) is 0 Å². The third-order valence-corrected chi connectivity index (χ3v) is 2.52. The summed E-state index contributed by atoms with van der Waals surface area (Å²) in [5.41, 5.74) is 3.30. The van der Waals surface area contributed by atoms with Gasteiger partial charge in [-0.1, -0.05) is 23.3 Å². The summed E-state index contributed by atoms with van der Waals surface area (Å²) in [7, 11) is 0. The Balaban J connectivity index is 2.20. The molecule has 0 aliphatic heterocycles. The zero-order valence-corrected chi connectivity index (χ0v) is 6.56. The van der Waals surface area contributed by atoms with Gasteiger partial charge >= 0.3 is 0 Å². The molecule has 2 rings (SSSR count). The Hall–Kier alpha value is -0.520. The second kappa shape index (κ2) is 2.26. The van der Waals surface area contributed by atoms with Crippen molar-refractivity contribution in [3.05, 3.63) is 23.3 Å². The maximum Gasteiger partial charge on any atom is -0.0197 e. The molecule has 0 spiro atoms. The van der Waals surface area contributed by atoms with Crippen LogP contribution in [0.1, 0.15) is 32.6 Å². The van der Waals surface area contributed by atoms with E-state index in [1.54, 1.807) is 11.1 Å². The Bertz CT molecular complexity index is 192. The van der Waals surface area contributed by atoms with Crippen LogP contribution in [0.15, 0.2) is 23.3 Å². The van der Waals surface area contributed by atoms with Crippen LogP contribution < -0.4 is 0 Å². The molecule has 0 heteroatoms. The quantitative estimate of drug-likeness (QED) is 0.517. The zero-order valence-electron chi connectivity index (χ0n) is 6.56. The highest BCUT2D eigenvalue weighted by Gasteiger charge is 2.26. The van der Waals surface area contributed by atoms with Crippen molar-refractivity contribution in [1.29, 1.82) is 0 Å². The molecule has 0 bridgehead atoms. The largest absolute Gasteiger partial charge is 0.0840 e. The maximum atomic E-state index is 2.29. The van der Waals surface area contributed by atoms with Crippen LogP contribution in [0.3, 0.4) is 0 Å². The lowest BCUT2D eigenvalue weighted by atomic mass is 9.95. The monoisotopic (exact) mass is 134 g/mol. The summed E-state index contributed by atoms with van der Waals surface area (Å²) in [6.07, 6.45) is 10.1. The molecule has 2 aliphatic rings. The first-order valence-corrected chi connectivity index (χ1v) is 4.24. The van der Waals surface area contributed by atoms with Gasteiger partial charge in [-0.2, -0.15) is 0 Å². The van der Waals surface area contributed by atoms with Crippen LogP contribution in [0.2, 0.25) is 0 Å². The molecule has 0 N–H and O–H groups in total. The smallest absolute Gasteiger partial charge is 0.0197 e. The Kier molecular flexibility index (Phi) is 1.40. The van der Waals surface area contributed by atoms with E-state index in [0.29, 0.717) is 0 Å². The van der Waals surface area contributed by atoms with Crippen molar-refractivity contribution in [2.24, 2.45) is 5.92 Å². The summed E-state index contributed by atoms with van der Waals surface area (Å²) < 4.78 is 0. The van der Waals surface area contributed by atoms with Crippen molar-refractivity contribution in [1.82, 2.24) is 0 Å². The van der Waals surface area contributed by atoms with Crippen molar-refractivity contribution in [3.63, 3.8) is 0 Å². The van der Waals surface area contributed by atoms with Crippen LogP contribution >= 0.6 is 0 Å². The average Bonchev–Trinajstić information content (AvgIpc) is 2.71. The van der Waals surface area contributed by atoms with Gasteiger partial charge in [0.1, 0.15) is 0 Å². The fourth-order valence-corrected chi connectivity index (χ4v) is 1.76. The van der Waals surface area contributed by atoms with Gasteiger partial charge in [0.05, 0.1) is 0 Å². The van der Waals surface area contributed by atoms with Crippen LogP contribution in [0.25, 0.3) is 0 Å². The number of hydrogen-bond acceptors (Lipinski definition) is 0. The minimum Gasteiger partial charge on any atom is -0.0840 e. The molecule has 0 heterocycles. The van der Waals surface area contributed by atoms with E-state index < -0.39 is 0 Å². The predicted octanol–water partition coefficient (Wildman–Crippen LogP) is 3.06. The van der Waals surface area contributed by atoms with E-state index in [0.717, 1.165) is 5.92 Å². The van der Waals surface area contributed by atoms with E-state index in [2.05, 4.69) is 19.1 Å². The van der Waals surface area contributed by atoms with Gasteiger partial charge in [-0.05, 0) is 38.5 Å². The van der Waals surface area contributed by atoms with Gasteiger partial charge in [0, 0.05) is 0 Å². The van der Waals surface area contributed by atoms with Gasteiger partial charge in [0.25, 0.3) is 0 Å². The van der Waals surface area contributed by atoms with Crippen LogP contribution in [-0.4, -0.2) is 0 Å². The molecule has 0 amide bonds. The molecule has 0 saturated heterocycles. The van der Waals surface area contributed by atoms with Crippen LogP contribution in [0.5, 0.6) is 0 Å². The summed E-state index contributed by atoms with van der Waals surface area (Å²) in [5, 5.41) is 0. The van der Waals surface area contributed by atoms with E-state index in [9.17, 15) is 0 Å². The highest BCUT2D eigenvalue weighted by Crippen LogP contribution is 2.41. The number of allylic oxidation sites excluding steroid dienone is 4. The molecule has 1 fully saturated rings. The minimum absolute atomic E-state index is 0.991. The SMILES string of the molecule is CC1=C(C2CC2)CCC=C1. The van der Waals surface area contributed by atoms with E-state index in [4.69, 9.17) is 0 Å². The van der Waals surface area contributed by atoms with E-state index in [1.807, 2.05) is 0 Å². The summed E-state index contributed by atoms with van der Waals surface area (Å²) in [6.45, 7) is 2.25. The standard InChI is InChI=1S/C10H14/c1-8-4-2-3-5-10(8)9-6-7-9/h2,4,9H,3,5-7H2,1H3. The van der Waals surface area contributed by atoms with Gasteiger partial charge in [-0.25, -0.2) is 0 Å². The molecular weight excluding hydrogens is 120 g/mol. The lowest BCUT2D eigenvalue weighted by Gasteiger charge is -2.11. The Morgan fingerprint density at radius 3 is 2.80 bits per heavy atom. The van der Waals surface area contributed by atoms with Gasteiger partial charge < -0.3 is 0 Å². The first kappa shape index (κ1) is 6.21. The molecule has 0 nitrogen and oxygen atoms in total. The molecule has 10 heavy (non-hydrogen) atoms. The van der Waals surface area contributed by atoms with E-state index >= 15 is 0 Å². The Morgan fingerprint density at radius 1 is 1.40 bits per heavy atom. The van der Waals surface area contributed by atoms with Gasteiger partial charge in [-0.15, -0.1) is 0 Å². The summed E-state index contributed by atoms with van der Waals surface area (Å²) in [6, 6.07) is 0. The van der Waals surface area contributed by atoms with Crippen molar-refractivity contribution in [2.75, 3.05) is 0 Å². The molecule has 0 unspecified atom stereocenters. The van der Waals surface area contributed by atoms with Crippen molar-refractivity contribution in [2.45, 2.75) is 32.6 Å². The summed E-state index contributed by atoms with van der Waals surface area (Å²) in [4.78, 5) is 0. The van der Waals surface area contributed by atoms with Crippen molar-refractivity contribution >= 4 is 0 Å². The van der Waals surface area contributed by atoms with Crippen molar-refractivity contribution in [3.8, 4) is 0 Å². The summed E-state index contributed by atoms with van der Waals surface area (Å²) in [5.74, 6) is 0.991. The molecule has 0 aromatic carbocycles. The zero-order chi connectivity index (χ0) is 6.97. The average molecular weight is 134 g/mol. The topological polar surface area (TPSA) is 0 Å². The highest BCUT2D eigenvalue weighted by atomic mass is 14.3. The third kappa shape index (κ3) is 1.03. The highest BCUT2D eigenvalue weighted by molar-refractivity contribution is 5.31. The predicted molar refractivity (Wildman–Crippen MR) is 43.8 cm³/mol. The van der Waals surface area contributed by atoms with E-state index in [-0.39, 0.29) is 0 Å². The van der Waals surface area contributed by atoms with Crippen LogP contribution in [0, 0.1) is 5.92 Å². The molecule has 0 atom stereocenters. The second-order valence-corrected chi connectivity index (χ2v) is 3.42. The fraction of sp³-hybridized carbons (Fsp3) is 0.600. The third-order valence-electron chi connectivity index (χ3n) is 2.52. The maximum absolute atomic E-state index is 2.29.